The summed E-state index contributed by atoms with van der Waals surface area (Å²) in [5.41, 5.74) is 3.80. The zero-order valence-corrected chi connectivity index (χ0v) is 17.6. The van der Waals surface area contributed by atoms with Crippen LogP contribution in [0.3, 0.4) is 0 Å². The highest BCUT2D eigenvalue weighted by Gasteiger charge is 2.38. The van der Waals surface area contributed by atoms with Gasteiger partial charge in [0, 0.05) is 19.0 Å². The summed E-state index contributed by atoms with van der Waals surface area (Å²) in [7, 11) is 1.80. The maximum atomic E-state index is 13.0. The monoisotopic (exact) mass is 446 g/mol. The second-order valence-corrected chi connectivity index (χ2v) is 7.76. The highest BCUT2D eigenvalue weighted by Crippen LogP contribution is 2.32. The smallest absolute Gasteiger partial charge is 0.354 e. The van der Waals surface area contributed by atoms with Gasteiger partial charge >= 0.3 is 6.18 Å². The molecule has 0 aliphatic carbocycles. The summed E-state index contributed by atoms with van der Waals surface area (Å²) in [6, 6.07) is 5.14. The fraction of sp³-hybridized carbons (Fsp3) is 0.333. The number of pyridine rings is 1. The number of carbonyl (C=O) groups excluding carboxylic acids is 2. The van der Waals surface area contributed by atoms with Gasteiger partial charge < -0.3 is 15.5 Å². The third-order valence-corrected chi connectivity index (χ3v) is 5.36. The first-order valence-electron chi connectivity index (χ1n) is 9.88. The van der Waals surface area contributed by atoms with Crippen molar-refractivity contribution >= 4 is 34.2 Å². The molecule has 32 heavy (non-hydrogen) atoms. The quantitative estimate of drug-likeness (QED) is 0.629. The second-order valence-electron chi connectivity index (χ2n) is 7.76. The van der Waals surface area contributed by atoms with Crippen molar-refractivity contribution in [3.8, 4) is 0 Å². The lowest BCUT2D eigenvalue weighted by molar-refractivity contribution is -0.158. The number of hydrogen-bond donors (Lipinski definition) is 2. The molecular formula is C21H21F3N6O2. The lowest BCUT2D eigenvalue weighted by Crippen LogP contribution is -2.47. The van der Waals surface area contributed by atoms with Crippen molar-refractivity contribution in [1.29, 1.82) is 0 Å². The van der Waals surface area contributed by atoms with Crippen LogP contribution in [0.25, 0.3) is 11.0 Å². The minimum atomic E-state index is -4.55. The van der Waals surface area contributed by atoms with Crippen LogP contribution in [0.1, 0.15) is 28.5 Å². The predicted octanol–water partition coefficient (Wildman–Crippen LogP) is 3.04. The number of halogens is 3. The first-order valence-corrected chi connectivity index (χ1v) is 9.88. The number of benzene rings is 1. The van der Waals surface area contributed by atoms with Gasteiger partial charge in [0.1, 0.15) is 12.6 Å². The van der Waals surface area contributed by atoms with Crippen LogP contribution in [-0.2, 0) is 18.4 Å². The minimum Gasteiger partial charge on any atom is -0.354 e. The summed E-state index contributed by atoms with van der Waals surface area (Å²) in [5.74, 6) is -1.29. The number of rotatable bonds is 5. The van der Waals surface area contributed by atoms with E-state index >= 15 is 0 Å². The number of anilines is 2. The van der Waals surface area contributed by atoms with E-state index in [0.29, 0.717) is 22.5 Å². The number of nitrogens with one attached hydrogen (secondary N) is 2. The van der Waals surface area contributed by atoms with Crippen LogP contribution in [0.4, 0.5) is 24.5 Å². The fourth-order valence-corrected chi connectivity index (χ4v) is 3.73. The van der Waals surface area contributed by atoms with Crippen molar-refractivity contribution in [1.82, 2.24) is 25.0 Å². The maximum absolute atomic E-state index is 13.0. The van der Waals surface area contributed by atoms with Crippen molar-refractivity contribution in [3.63, 3.8) is 0 Å². The third kappa shape index (κ3) is 3.97. The molecule has 4 rings (SSSR count). The first-order chi connectivity index (χ1) is 15.0. The molecule has 1 atom stereocenters. The topological polar surface area (TPSA) is 92.2 Å². The molecule has 2 aromatic heterocycles. The molecule has 11 heteroatoms. The number of aryl methyl sites for hydroxylation is 2. The Hall–Kier alpha value is -3.63. The Bertz CT molecular complexity index is 1220. The largest absolute Gasteiger partial charge is 0.408 e. The zero-order chi connectivity index (χ0) is 23.2. The third-order valence-electron chi connectivity index (χ3n) is 5.36. The number of aromatic nitrogens is 3. The van der Waals surface area contributed by atoms with Crippen molar-refractivity contribution in [2.75, 3.05) is 11.9 Å². The summed E-state index contributed by atoms with van der Waals surface area (Å²) in [6.45, 7) is 2.40. The molecule has 1 aliphatic heterocycles. The molecule has 3 heterocycles. The number of hydrogen-bond acceptors (Lipinski definition) is 5. The highest BCUT2D eigenvalue weighted by atomic mass is 19.4. The molecule has 0 radical (unpaired) electrons. The molecule has 0 unspecified atom stereocenters. The van der Waals surface area contributed by atoms with E-state index in [2.05, 4.69) is 15.4 Å². The normalized spacial score (nSPS) is 14.6. The lowest BCUT2D eigenvalue weighted by Gasteiger charge is -2.20. The summed E-state index contributed by atoms with van der Waals surface area (Å²) < 4.78 is 39.7. The summed E-state index contributed by atoms with van der Waals surface area (Å²) in [4.78, 5) is 30.6. The van der Waals surface area contributed by atoms with Gasteiger partial charge in [-0.3, -0.25) is 14.3 Å². The maximum Gasteiger partial charge on any atom is 0.408 e. The molecule has 2 N–H and O–H groups in total. The average Bonchev–Trinajstić information content (AvgIpc) is 3.17. The van der Waals surface area contributed by atoms with E-state index < -0.39 is 30.6 Å². The van der Waals surface area contributed by atoms with Gasteiger partial charge in [-0.1, -0.05) is 12.1 Å². The molecule has 168 valence electrons. The van der Waals surface area contributed by atoms with E-state index in [1.807, 2.05) is 18.3 Å². The van der Waals surface area contributed by atoms with Crippen LogP contribution >= 0.6 is 0 Å². The minimum absolute atomic E-state index is 0.135. The van der Waals surface area contributed by atoms with Crippen LogP contribution < -0.4 is 10.6 Å². The number of nitrogens with zero attached hydrogens (tertiary/aromatic N) is 4. The Kier molecular flexibility index (Phi) is 5.27. The van der Waals surface area contributed by atoms with Gasteiger partial charge in [-0.15, -0.1) is 0 Å². The second kappa shape index (κ2) is 7.81. The zero-order valence-electron chi connectivity index (χ0n) is 17.6. The van der Waals surface area contributed by atoms with Crippen LogP contribution in [-0.4, -0.2) is 50.2 Å². The highest BCUT2D eigenvalue weighted by molar-refractivity contribution is 6.05. The average molecular weight is 446 g/mol. The van der Waals surface area contributed by atoms with Gasteiger partial charge in [-0.2, -0.15) is 18.3 Å². The van der Waals surface area contributed by atoms with Crippen LogP contribution in [0.5, 0.6) is 0 Å². The fourth-order valence-electron chi connectivity index (χ4n) is 3.73. The van der Waals surface area contributed by atoms with Gasteiger partial charge in [0.25, 0.3) is 5.91 Å². The predicted molar refractivity (Wildman–Crippen MR) is 111 cm³/mol. The van der Waals surface area contributed by atoms with Gasteiger partial charge in [-0.05, 0) is 31.5 Å². The number of alkyl halides is 3. The van der Waals surface area contributed by atoms with E-state index in [0.717, 1.165) is 23.7 Å². The molecular weight excluding hydrogens is 425 g/mol. The molecule has 0 spiro atoms. The molecule has 0 bridgehead atoms. The van der Waals surface area contributed by atoms with E-state index in [9.17, 15) is 22.8 Å². The van der Waals surface area contributed by atoms with Crippen LogP contribution in [0, 0.1) is 6.92 Å². The lowest BCUT2D eigenvalue weighted by atomic mass is 10.1. The Balaban J connectivity index is 1.53. The molecule has 3 aromatic rings. The van der Waals surface area contributed by atoms with Gasteiger partial charge in [0.05, 0.1) is 28.8 Å². The van der Waals surface area contributed by atoms with Crippen molar-refractivity contribution in [2.24, 2.45) is 7.05 Å². The summed E-state index contributed by atoms with van der Waals surface area (Å²) >= 11 is 0. The molecule has 8 nitrogen and oxygen atoms in total. The Morgan fingerprint density at radius 1 is 1.31 bits per heavy atom. The molecule has 0 fully saturated rings. The van der Waals surface area contributed by atoms with Crippen LogP contribution in [0.2, 0.25) is 0 Å². The summed E-state index contributed by atoms with van der Waals surface area (Å²) in [6.07, 6.45) is -2.92. The van der Waals surface area contributed by atoms with Crippen molar-refractivity contribution in [2.45, 2.75) is 32.6 Å². The molecule has 2 amide bonds. The van der Waals surface area contributed by atoms with Gasteiger partial charge in [0.15, 0.2) is 5.65 Å². The standard InChI is InChI=1S/C21H21F3N6O2/c1-11-15-7-14(8-25-19(15)29(3)28-11)27-16-6-4-5-13-9-30(20(32)18(13)16)10-17(31)26-12(2)21(22,23)24/h4-8,12,27H,9-10H2,1-3H3,(H,26,31)/t12-/m0/s1. The van der Waals surface area contributed by atoms with E-state index in [1.165, 1.54) is 4.90 Å². The molecule has 1 aliphatic rings. The Morgan fingerprint density at radius 3 is 2.78 bits per heavy atom. The Morgan fingerprint density at radius 2 is 2.06 bits per heavy atom. The van der Waals surface area contributed by atoms with Crippen molar-refractivity contribution < 1.29 is 22.8 Å². The van der Waals surface area contributed by atoms with Crippen LogP contribution in [0.15, 0.2) is 30.5 Å². The SMILES string of the molecule is Cc1nn(C)c2ncc(Nc3cccc4c3C(=O)N(CC(=O)N[C@@H](C)C(F)(F)F)C4)cc12. The van der Waals surface area contributed by atoms with E-state index in [4.69, 9.17) is 0 Å². The van der Waals surface area contributed by atoms with E-state index in [1.54, 1.807) is 36.1 Å². The molecule has 1 aromatic carbocycles. The molecule has 0 saturated carbocycles. The number of amides is 2. The number of fused-ring (bicyclic) bond motifs is 2. The Labute approximate surface area is 181 Å². The van der Waals surface area contributed by atoms with Crippen molar-refractivity contribution in [3.05, 3.63) is 47.3 Å². The molecule has 0 saturated heterocycles. The van der Waals surface area contributed by atoms with Gasteiger partial charge in [0.2, 0.25) is 5.91 Å². The van der Waals surface area contributed by atoms with E-state index in [-0.39, 0.29) is 6.54 Å². The van der Waals surface area contributed by atoms with Gasteiger partial charge in [-0.25, -0.2) is 4.98 Å². The number of carbonyl (C=O) groups is 2. The summed E-state index contributed by atoms with van der Waals surface area (Å²) in [5, 5.41) is 10.3. The first kappa shape index (κ1) is 21.6.